The number of hydrogen-bond donors (Lipinski definition) is 0. The predicted octanol–water partition coefficient (Wildman–Crippen LogP) is 1.38. The van der Waals surface area contributed by atoms with E-state index in [0.29, 0.717) is 0 Å². The van der Waals surface area contributed by atoms with Crippen molar-refractivity contribution in [2.75, 3.05) is 0 Å². The molecule has 0 aliphatic heterocycles. The van der Waals surface area contributed by atoms with Crippen LogP contribution in [0.25, 0.3) is 0 Å². The molecule has 1 heterocycles. The monoisotopic (exact) mass is 462 g/mol. The molecule has 0 unspecified atom stereocenters. The summed E-state index contributed by atoms with van der Waals surface area (Å²) in [5.74, 6) is 1.37. The first kappa shape index (κ1) is 25.0. The van der Waals surface area contributed by atoms with Crippen molar-refractivity contribution in [3.05, 3.63) is 82.4 Å². The van der Waals surface area contributed by atoms with Crippen molar-refractivity contribution in [3.8, 4) is 0 Å². The fourth-order valence-corrected chi connectivity index (χ4v) is 2.06. The van der Waals surface area contributed by atoms with Crippen LogP contribution in [0.1, 0.15) is 19.8 Å². The quantitative estimate of drug-likeness (QED) is 0.582. The van der Waals surface area contributed by atoms with Gasteiger partial charge in [0.25, 0.3) is 0 Å². The van der Waals surface area contributed by atoms with E-state index in [-0.39, 0.29) is 12.4 Å². The predicted molar refractivity (Wildman–Crippen MR) is 93.2 cm³/mol. The van der Waals surface area contributed by atoms with Crippen LogP contribution in [-0.2, 0) is 33.9 Å². The maximum absolute atomic E-state index is 4.93. The molecule has 2 fully saturated rings. The van der Waals surface area contributed by atoms with Gasteiger partial charge in [0, 0.05) is 5.92 Å². The molecule has 0 atom stereocenters. The van der Waals surface area contributed by atoms with Crippen LogP contribution in [0, 0.1) is 63.7 Å². The van der Waals surface area contributed by atoms with Gasteiger partial charge in [-0.3, -0.25) is 0 Å². The van der Waals surface area contributed by atoms with E-state index >= 15 is 0 Å². The Kier molecular flexibility index (Phi) is 18.1. The summed E-state index contributed by atoms with van der Waals surface area (Å²) in [6.45, 7) is 4.33. The van der Waals surface area contributed by atoms with E-state index in [4.69, 9.17) is 17.0 Å². The number of aromatic nitrogens is 2. The topological polar surface area (TPSA) is 8.81 Å². The number of unbranched alkanes of at least 4 members (excludes halogenated alkanes) is 1. The average Bonchev–Trinajstić information content (AvgIpc) is 3.31. The Morgan fingerprint density at radius 3 is 2.04 bits per heavy atom. The first-order valence-electron chi connectivity index (χ1n) is 7.68. The third kappa shape index (κ3) is 12.3. The van der Waals surface area contributed by atoms with Crippen molar-refractivity contribution in [1.82, 2.24) is 4.57 Å². The van der Waals surface area contributed by atoms with Gasteiger partial charge in [0.05, 0.1) is 13.1 Å². The summed E-state index contributed by atoms with van der Waals surface area (Å²) in [6, 6.07) is 0. The Balaban J connectivity index is 0.000000491. The van der Waals surface area contributed by atoms with E-state index in [1.165, 1.54) is 18.8 Å². The van der Waals surface area contributed by atoms with Gasteiger partial charge >= 0.3 is 37.9 Å². The summed E-state index contributed by atoms with van der Waals surface area (Å²) >= 11 is -0.826. The minimum absolute atomic E-state index is 0. The van der Waals surface area contributed by atoms with Crippen molar-refractivity contribution in [2.45, 2.75) is 32.9 Å². The van der Waals surface area contributed by atoms with Gasteiger partial charge in [-0.2, -0.15) is 0 Å². The number of aryl methyl sites for hydroxylation is 1. The van der Waals surface area contributed by atoms with Crippen LogP contribution in [0.3, 0.4) is 0 Å². The van der Waals surface area contributed by atoms with E-state index in [2.05, 4.69) is 60.5 Å². The third-order valence-corrected chi connectivity index (χ3v) is 3.17. The van der Waals surface area contributed by atoms with Crippen LogP contribution in [0.5, 0.6) is 0 Å². The second kappa shape index (κ2) is 17.4. The van der Waals surface area contributed by atoms with E-state index in [0.717, 1.165) is 13.1 Å². The fourth-order valence-electron chi connectivity index (χ4n) is 2.06. The molecule has 2 aliphatic rings. The average molecular weight is 465 g/mol. The van der Waals surface area contributed by atoms with Gasteiger partial charge in [-0.1, -0.05) is 13.3 Å². The standard InChI is InChI=1S/C13H18N2.C5H5.3ClH.Zr/c1-2-3-8-14-9-10-15(12-14)11-13-6-4-5-7-13;1-2-4-5-3-1;;;;/h4-7,9-10,12H,2-3,8,11H2,1H3;1-5H;3*1H;/q+1;;;;;+4/p-3. The molecule has 0 N–H and O–H groups in total. The second-order valence-corrected chi connectivity index (χ2v) is 8.74. The van der Waals surface area contributed by atoms with E-state index < -0.39 is 20.8 Å². The van der Waals surface area contributed by atoms with Crippen LogP contribution in [0.15, 0.2) is 18.7 Å². The molecule has 2 aliphatic carbocycles. The summed E-state index contributed by atoms with van der Waals surface area (Å²) in [5, 5.41) is 0. The summed E-state index contributed by atoms with van der Waals surface area (Å²) in [7, 11) is 9.87. The molecule has 3 rings (SSSR count). The number of rotatable bonds is 5. The Labute approximate surface area is 173 Å². The molecule has 2 nitrogen and oxygen atoms in total. The minimum atomic E-state index is -0.826. The molecule has 0 bridgehead atoms. The number of imidazole rings is 1. The van der Waals surface area contributed by atoms with Crippen molar-refractivity contribution in [2.24, 2.45) is 0 Å². The zero-order chi connectivity index (χ0) is 16.8. The molecule has 24 heavy (non-hydrogen) atoms. The molecule has 1 aromatic heterocycles. The van der Waals surface area contributed by atoms with Gasteiger partial charge < -0.3 is 12.4 Å². The Morgan fingerprint density at radius 2 is 1.54 bits per heavy atom. The van der Waals surface area contributed by atoms with Gasteiger partial charge in [0.2, 0.25) is 6.33 Å². The zero-order valence-electron chi connectivity index (χ0n) is 13.8. The summed E-state index contributed by atoms with van der Waals surface area (Å²) in [4.78, 5) is 0. The van der Waals surface area contributed by atoms with Gasteiger partial charge in [0.1, 0.15) is 12.4 Å². The van der Waals surface area contributed by atoms with Crippen molar-refractivity contribution in [1.29, 1.82) is 0 Å². The molecule has 1 aromatic rings. The Bertz CT molecular complexity index is 370. The van der Waals surface area contributed by atoms with Crippen LogP contribution in [0.2, 0.25) is 0 Å². The normalized spacial score (nSPS) is 16.3. The molecule has 2 saturated carbocycles. The molecule has 0 aromatic carbocycles. The summed E-state index contributed by atoms with van der Waals surface area (Å²) in [6.07, 6.45) is 27.5. The van der Waals surface area contributed by atoms with Gasteiger partial charge in [-0.05, 0) is 64.2 Å². The maximum atomic E-state index is 4.93. The van der Waals surface area contributed by atoms with Crippen molar-refractivity contribution >= 4 is 17.0 Å². The molecule has 0 spiro atoms. The zero-order valence-corrected chi connectivity index (χ0v) is 18.5. The summed E-state index contributed by atoms with van der Waals surface area (Å²) in [5.41, 5.74) is 0. The van der Waals surface area contributed by atoms with Gasteiger partial charge in [-0.15, -0.1) is 0 Å². The SMILES string of the molecule is CCCCn1cc[n+](C[C]2[CH][CH][CH][CH]2)c1.[CH]1[CH][CH][CH][CH]1.[Cl-].[Cl][Zr+2][Cl]. The van der Waals surface area contributed by atoms with Gasteiger partial charge in [0.15, 0.2) is 0 Å². The second-order valence-electron chi connectivity index (χ2n) is 5.00. The van der Waals surface area contributed by atoms with Crippen LogP contribution >= 0.6 is 17.0 Å². The number of nitrogens with zero attached hydrogens (tertiary/aromatic N) is 2. The first-order chi connectivity index (χ1) is 11.3. The third-order valence-electron chi connectivity index (χ3n) is 3.17. The molecular weight excluding hydrogens is 442 g/mol. The fraction of sp³-hybridized carbons (Fsp3) is 0.278. The number of halogens is 3. The number of hydrogen-bond acceptors (Lipinski definition) is 0. The van der Waals surface area contributed by atoms with Crippen LogP contribution in [0.4, 0.5) is 0 Å². The van der Waals surface area contributed by atoms with Crippen LogP contribution in [-0.4, -0.2) is 4.57 Å². The Hall–Kier alpha value is 0.963. The van der Waals surface area contributed by atoms with Crippen molar-refractivity contribution in [3.63, 3.8) is 0 Å². The summed E-state index contributed by atoms with van der Waals surface area (Å²) < 4.78 is 4.48. The van der Waals surface area contributed by atoms with E-state index in [9.17, 15) is 0 Å². The molecule has 10 radical (unpaired) electrons. The van der Waals surface area contributed by atoms with E-state index in [1.54, 1.807) is 0 Å². The molecule has 0 amide bonds. The van der Waals surface area contributed by atoms with Crippen LogP contribution < -0.4 is 17.0 Å². The molecule has 6 heteroatoms. The molecule has 128 valence electrons. The Morgan fingerprint density at radius 1 is 1.00 bits per heavy atom. The first-order valence-corrected chi connectivity index (χ1v) is 14.0. The van der Waals surface area contributed by atoms with E-state index in [1.807, 2.05) is 32.1 Å². The molecular formula is C18H23Cl3N2Zr+2. The van der Waals surface area contributed by atoms with Crippen molar-refractivity contribution < 1.29 is 37.8 Å². The molecule has 0 saturated heterocycles. The van der Waals surface area contributed by atoms with Gasteiger partial charge in [-0.25, -0.2) is 9.13 Å².